The lowest BCUT2D eigenvalue weighted by Crippen LogP contribution is -2.42. The van der Waals surface area contributed by atoms with Gasteiger partial charge in [0.15, 0.2) is 0 Å². The smallest absolute Gasteiger partial charge is 0.240 e. The number of nitrogens with zero attached hydrogens (tertiary/aromatic N) is 1. The van der Waals surface area contributed by atoms with Gasteiger partial charge in [-0.25, -0.2) is 13.1 Å². The molecule has 1 aromatic rings. The van der Waals surface area contributed by atoms with Crippen molar-refractivity contribution in [2.75, 3.05) is 18.8 Å². The Morgan fingerprint density at radius 3 is 2.30 bits per heavy atom. The lowest BCUT2D eigenvalue weighted by molar-refractivity contribution is 0.179. The van der Waals surface area contributed by atoms with Crippen molar-refractivity contribution in [1.29, 1.82) is 0 Å². The number of rotatable bonds is 7. The van der Waals surface area contributed by atoms with Gasteiger partial charge in [-0.2, -0.15) is 0 Å². The van der Waals surface area contributed by atoms with Crippen LogP contribution in [0.15, 0.2) is 29.2 Å². The third-order valence-corrected chi connectivity index (χ3v) is 4.62. The summed E-state index contributed by atoms with van der Waals surface area (Å²) >= 11 is 0. The van der Waals surface area contributed by atoms with Crippen LogP contribution >= 0.6 is 0 Å². The average molecular weight is 299 g/mol. The largest absolute Gasteiger partial charge is 0.399 e. The number of nitrogens with two attached hydrogens (primary N) is 1. The molecule has 5 nitrogen and oxygen atoms in total. The monoisotopic (exact) mass is 299 g/mol. The molecule has 0 radical (unpaired) electrons. The first-order valence-electron chi connectivity index (χ1n) is 6.85. The van der Waals surface area contributed by atoms with Crippen molar-refractivity contribution < 1.29 is 8.42 Å². The van der Waals surface area contributed by atoms with Crippen LogP contribution in [0, 0.1) is 0 Å². The molecule has 0 fully saturated rings. The Kier molecular flexibility index (Phi) is 5.98. The summed E-state index contributed by atoms with van der Waals surface area (Å²) in [5.74, 6) is 0. The van der Waals surface area contributed by atoms with Crippen molar-refractivity contribution in [3.63, 3.8) is 0 Å². The zero-order valence-corrected chi connectivity index (χ0v) is 13.4. The highest BCUT2D eigenvalue weighted by atomic mass is 32.2. The Bertz CT molecular complexity index is 519. The van der Waals surface area contributed by atoms with E-state index in [0.717, 1.165) is 0 Å². The van der Waals surface area contributed by atoms with Crippen LogP contribution in [0.2, 0.25) is 0 Å². The van der Waals surface area contributed by atoms with Gasteiger partial charge in [0, 0.05) is 30.9 Å². The van der Waals surface area contributed by atoms with Gasteiger partial charge in [0.05, 0.1) is 4.90 Å². The molecule has 1 aromatic carbocycles. The molecule has 1 rings (SSSR count). The van der Waals surface area contributed by atoms with Gasteiger partial charge in [0.1, 0.15) is 0 Å². The van der Waals surface area contributed by atoms with E-state index >= 15 is 0 Å². The van der Waals surface area contributed by atoms with Gasteiger partial charge in [0.25, 0.3) is 0 Å². The summed E-state index contributed by atoms with van der Waals surface area (Å²) in [7, 11) is -3.49. The highest BCUT2D eigenvalue weighted by Crippen LogP contribution is 2.12. The van der Waals surface area contributed by atoms with E-state index in [0.29, 0.717) is 30.9 Å². The summed E-state index contributed by atoms with van der Waals surface area (Å²) in [6.07, 6.45) is 0. The van der Waals surface area contributed by atoms with E-state index in [-0.39, 0.29) is 4.90 Å². The molecule has 0 aliphatic carbocycles. The Morgan fingerprint density at radius 2 is 1.80 bits per heavy atom. The van der Waals surface area contributed by atoms with Crippen molar-refractivity contribution >= 4 is 15.7 Å². The number of benzene rings is 1. The minimum atomic E-state index is -3.49. The topological polar surface area (TPSA) is 75.4 Å². The van der Waals surface area contributed by atoms with Crippen LogP contribution in [-0.4, -0.2) is 38.5 Å². The minimum absolute atomic E-state index is 0.207. The van der Waals surface area contributed by atoms with E-state index in [4.69, 9.17) is 5.73 Å². The highest BCUT2D eigenvalue weighted by molar-refractivity contribution is 7.89. The molecule has 0 aromatic heterocycles. The summed E-state index contributed by atoms with van der Waals surface area (Å²) in [5, 5.41) is 0. The third-order valence-electron chi connectivity index (χ3n) is 3.16. The van der Waals surface area contributed by atoms with Crippen LogP contribution in [-0.2, 0) is 10.0 Å². The molecule has 0 aliphatic rings. The van der Waals surface area contributed by atoms with E-state index in [2.05, 4.69) is 37.3 Å². The zero-order valence-electron chi connectivity index (χ0n) is 12.6. The number of hydrogen-bond donors (Lipinski definition) is 2. The quantitative estimate of drug-likeness (QED) is 0.751. The maximum absolute atomic E-state index is 12.1. The fraction of sp³-hybridized carbons (Fsp3) is 0.571. The molecule has 0 saturated carbocycles. The summed E-state index contributed by atoms with van der Waals surface area (Å²) in [6, 6.07) is 7.07. The fourth-order valence-corrected chi connectivity index (χ4v) is 3.26. The van der Waals surface area contributed by atoms with Gasteiger partial charge < -0.3 is 5.73 Å². The molecule has 20 heavy (non-hydrogen) atoms. The first-order valence-corrected chi connectivity index (χ1v) is 8.33. The third kappa shape index (κ3) is 4.77. The Hall–Kier alpha value is -1.11. The molecular weight excluding hydrogens is 274 g/mol. The lowest BCUT2D eigenvalue weighted by atomic mass is 10.2. The van der Waals surface area contributed by atoms with Crippen molar-refractivity contribution in [3.05, 3.63) is 24.3 Å². The van der Waals surface area contributed by atoms with Crippen LogP contribution in [0.5, 0.6) is 0 Å². The average Bonchev–Trinajstić information content (AvgIpc) is 2.33. The number of hydrogen-bond acceptors (Lipinski definition) is 4. The molecule has 3 N–H and O–H groups in total. The standard InChI is InChI=1S/C14H25N3O2S/c1-11(2)17(12(3)4)9-8-16-20(18,19)14-7-5-6-13(15)10-14/h5-7,10-12,16H,8-9,15H2,1-4H3. The van der Waals surface area contributed by atoms with Gasteiger partial charge in [-0.15, -0.1) is 0 Å². The van der Waals surface area contributed by atoms with E-state index in [1.807, 2.05) is 0 Å². The first-order chi connectivity index (χ1) is 9.24. The van der Waals surface area contributed by atoms with E-state index in [1.54, 1.807) is 18.2 Å². The minimum Gasteiger partial charge on any atom is -0.399 e. The van der Waals surface area contributed by atoms with Crippen LogP contribution in [0.4, 0.5) is 5.69 Å². The van der Waals surface area contributed by atoms with E-state index < -0.39 is 10.0 Å². The summed E-state index contributed by atoms with van der Waals surface area (Å²) in [6.45, 7) is 9.47. The second-order valence-corrected chi connectivity index (χ2v) is 7.16. The lowest BCUT2D eigenvalue weighted by Gasteiger charge is -2.30. The molecular formula is C14H25N3O2S. The molecule has 0 heterocycles. The number of nitrogen functional groups attached to an aromatic ring is 1. The molecule has 0 amide bonds. The SMILES string of the molecule is CC(C)N(CCNS(=O)(=O)c1cccc(N)c1)C(C)C. The number of sulfonamides is 1. The normalized spacial score (nSPS) is 12.6. The maximum atomic E-state index is 12.1. The van der Waals surface area contributed by atoms with Crippen molar-refractivity contribution in [2.24, 2.45) is 0 Å². The van der Waals surface area contributed by atoms with Crippen LogP contribution in [0.1, 0.15) is 27.7 Å². The summed E-state index contributed by atoms with van der Waals surface area (Å²) < 4.78 is 26.9. The molecule has 0 aliphatic heterocycles. The van der Waals surface area contributed by atoms with Crippen LogP contribution in [0.25, 0.3) is 0 Å². The molecule has 0 bridgehead atoms. The van der Waals surface area contributed by atoms with Crippen molar-refractivity contribution in [2.45, 2.75) is 44.7 Å². The molecule has 0 unspecified atom stereocenters. The molecule has 0 saturated heterocycles. The second-order valence-electron chi connectivity index (χ2n) is 5.40. The number of nitrogens with one attached hydrogen (secondary N) is 1. The van der Waals surface area contributed by atoms with Gasteiger partial charge in [-0.05, 0) is 45.9 Å². The van der Waals surface area contributed by atoms with E-state index in [9.17, 15) is 8.42 Å². The van der Waals surface area contributed by atoms with Crippen LogP contribution in [0.3, 0.4) is 0 Å². The van der Waals surface area contributed by atoms with Crippen molar-refractivity contribution in [1.82, 2.24) is 9.62 Å². The highest BCUT2D eigenvalue weighted by Gasteiger charge is 2.16. The van der Waals surface area contributed by atoms with Gasteiger partial charge in [0.2, 0.25) is 10.0 Å². The first kappa shape index (κ1) is 16.9. The Balaban J connectivity index is 2.65. The van der Waals surface area contributed by atoms with Crippen molar-refractivity contribution in [3.8, 4) is 0 Å². The zero-order chi connectivity index (χ0) is 15.3. The predicted molar refractivity (Wildman–Crippen MR) is 83.0 cm³/mol. The Morgan fingerprint density at radius 1 is 1.20 bits per heavy atom. The van der Waals surface area contributed by atoms with Crippen LogP contribution < -0.4 is 10.5 Å². The van der Waals surface area contributed by atoms with E-state index in [1.165, 1.54) is 6.07 Å². The Labute approximate surface area is 122 Å². The van der Waals surface area contributed by atoms with Gasteiger partial charge in [-0.3, -0.25) is 4.90 Å². The summed E-state index contributed by atoms with van der Waals surface area (Å²) in [5.41, 5.74) is 6.05. The molecule has 0 atom stereocenters. The molecule has 6 heteroatoms. The second kappa shape index (κ2) is 7.06. The summed E-state index contributed by atoms with van der Waals surface area (Å²) in [4.78, 5) is 2.44. The maximum Gasteiger partial charge on any atom is 0.240 e. The molecule has 0 spiro atoms. The predicted octanol–water partition coefficient (Wildman–Crippen LogP) is 1.67. The van der Waals surface area contributed by atoms with Gasteiger partial charge in [-0.1, -0.05) is 6.07 Å². The van der Waals surface area contributed by atoms with Gasteiger partial charge >= 0.3 is 0 Å². The molecule has 114 valence electrons. The fourth-order valence-electron chi connectivity index (χ4n) is 2.19. The number of anilines is 1.